The van der Waals surface area contributed by atoms with Gasteiger partial charge in [0, 0.05) is 0 Å². The second kappa shape index (κ2) is 4.15. The smallest absolute Gasteiger partial charge is 0.305 e. The molecule has 12 heavy (non-hydrogen) atoms. The van der Waals surface area contributed by atoms with Crippen LogP contribution in [0.5, 0.6) is 0 Å². The monoisotopic (exact) mass is 175 g/mol. The summed E-state index contributed by atoms with van der Waals surface area (Å²) in [7, 11) is 5.67. The maximum Gasteiger partial charge on any atom is 0.305 e. The van der Waals surface area contributed by atoms with Crippen molar-refractivity contribution in [2.45, 2.75) is 12.5 Å². The molecule has 0 saturated heterocycles. The molecule has 5 nitrogen and oxygen atoms in total. The number of carboxylic acid groups (broad SMARTS) is 1. The van der Waals surface area contributed by atoms with Gasteiger partial charge in [0.05, 0.1) is 27.6 Å². The van der Waals surface area contributed by atoms with E-state index in [4.69, 9.17) is 5.11 Å². The standard InChI is InChI=1S/C7H14N2O3/c1-9(2,3)5-6(8-12)4-7(10)11/h6H,4-5H2,1-3H3/p+1. The number of nitroso groups, excluding NO2 is 1. The highest BCUT2D eigenvalue weighted by atomic mass is 16.4. The van der Waals surface area contributed by atoms with Crippen LogP contribution in [0, 0.1) is 4.91 Å². The Bertz CT molecular complexity index is 174. The number of carbonyl (C=O) groups is 1. The minimum Gasteiger partial charge on any atom is -0.481 e. The van der Waals surface area contributed by atoms with E-state index in [0.717, 1.165) is 0 Å². The van der Waals surface area contributed by atoms with Crippen LogP contribution in [0.4, 0.5) is 0 Å². The third-order valence-corrected chi connectivity index (χ3v) is 1.32. The fraction of sp³-hybridized carbons (Fsp3) is 0.857. The average Bonchev–Trinajstić information content (AvgIpc) is 1.82. The Labute approximate surface area is 71.5 Å². The van der Waals surface area contributed by atoms with Crippen molar-refractivity contribution >= 4 is 5.97 Å². The highest BCUT2D eigenvalue weighted by molar-refractivity contribution is 5.67. The molecule has 1 atom stereocenters. The minimum atomic E-state index is -0.979. The van der Waals surface area contributed by atoms with Gasteiger partial charge in [0.15, 0.2) is 6.04 Å². The molecule has 0 fully saturated rings. The normalized spacial score (nSPS) is 13.9. The molecule has 0 amide bonds. The van der Waals surface area contributed by atoms with Crippen LogP contribution >= 0.6 is 0 Å². The summed E-state index contributed by atoms with van der Waals surface area (Å²) in [6.07, 6.45) is -0.182. The van der Waals surface area contributed by atoms with Gasteiger partial charge in [-0.1, -0.05) is 5.18 Å². The topological polar surface area (TPSA) is 66.7 Å². The van der Waals surface area contributed by atoms with E-state index in [0.29, 0.717) is 11.0 Å². The van der Waals surface area contributed by atoms with Crippen molar-refractivity contribution in [2.24, 2.45) is 5.18 Å². The van der Waals surface area contributed by atoms with Crippen LogP contribution in [-0.2, 0) is 4.79 Å². The fourth-order valence-corrected chi connectivity index (χ4v) is 0.969. The van der Waals surface area contributed by atoms with Gasteiger partial charge in [0.1, 0.15) is 6.54 Å². The highest BCUT2D eigenvalue weighted by Crippen LogP contribution is 2.03. The maximum absolute atomic E-state index is 10.2. The zero-order valence-corrected chi connectivity index (χ0v) is 7.65. The second-order valence-electron chi connectivity index (χ2n) is 3.83. The number of quaternary nitrogens is 1. The van der Waals surface area contributed by atoms with Crippen molar-refractivity contribution in [3.63, 3.8) is 0 Å². The van der Waals surface area contributed by atoms with Crippen molar-refractivity contribution in [3.8, 4) is 0 Å². The summed E-state index contributed by atoms with van der Waals surface area (Å²) in [6, 6.07) is -0.623. The summed E-state index contributed by atoms with van der Waals surface area (Å²) in [4.78, 5) is 20.4. The van der Waals surface area contributed by atoms with Gasteiger partial charge in [0.2, 0.25) is 0 Å². The van der Waals surface area contributed by atoms with Gasteiger partial charge in [-0.2, -0.15) is 4.91 Å². The molecular formula is C7H15N2O3+. The van der Waals surface area contributed by atoms with E-state index in [1.807, 2.05) is 21.1 Å². The van der Waals surface area contributed by atoms with Crippen molar-refractivity contribution in [2.75, 3.05) is 27.7 Å². The lowest BCUT2D eigenvalue weighted by molar-refractivity contribution is -0.871. The number of nitrogens with zero attached hydrogens (tertiary/aromatic N) is 2. The average molecular weight is 175 g/mol. The SMILES string of the molecule is C[N+](C)(C)CC(CC(=O)O)N=O. The van der Waals surface area contributed by atoms with Crippen LogP contribution in [0.15, 0.2) is 5.18 Å². The quantitative estimate of drug-likeness (QED) is 0.482. The molecule has 0 saturated carbocycles. The first kappa shape index (κ1) is 11.0. The van der Waals surface area contributed by atoms with Crippen LogP contribution in [0.3, 0.4) is 0 Å². The molecule has 1 N–H and O–H groups in total. The Morgan fingerprint density at radius 2 is 2.00 bits per heavy atom. The lowest BCUT2D eigenvalue weighted by Crippen LogP contribution is -2.41. The third-order valence-electron chi connectivity index (χ3n) is 1.32. The predicted molar refractivity (Wildman–Crippen MR) is 44.7 cm³/mol. The van der Waals surface area contributed by atoms with Gasteiger partial charge in [-0.05, 0) is 0 Å². The Balaban J connectivity index is 4.00. The van der Waals surface area contributed by atoms with E-state index in [1.54, 1.807) is 0 Å². The number of carboxylic acids is 1. The van der Waals surface area contributed by atoms with Crippen molar-refractivity contribution < 1.29 is 14.4 Å². The summed E-state index contributed by atoms with van der Waals surface area (Å²) < 4.78 is 0.545. The van der Waals surface area contributed by atoms with Gasteiger partial charge >= 0.3 is 5.97 Å². The van der Waals surface area contributed by atoms with Crippen molar-refractivity contribution in [1.29, 1.82) is 0 Å². The summed E-state index contributed by atoms with van der Waals surface area (Å²) in [6.45, 7) is 0.454. The second-order valence-corrected chi connectivity index (χ2v) is 3.83. The predicted octanol–water partition coefficient (Wildman–Crippen LogP) is 0.302. The molecule has 0 spiro atoms. The Morgan fingerprint density at radius 3 is 2.25 bits per heavy atom. The Hall–Kier alpha value is -0.970. The fourth-order valence-electron chi connectivity index (χ4n) is 0.969. The molecule has 0 aromatic heterocycles. The lowest BCUT2D eigenvalue weighted by Gasteiger charge is -2.25. The molecule has 0 aliphatic rings. The first-order valence-corrected chi connectivity index (χ1v) is 3.70. The molecule has 0 aliphatic heterocycles. The van der Waals surface area contributed by atoms with Crippen LogP contribution in [0.25, 0.3) is 0 Å². The summed E-state index contributed by atoms with van der Waals surface area (Å²) in [5.41, 5.74) is 0. The van der Waals surface area contributed by atoms with E-state index in [2.05, 4.69) is 5.18 Å². The Kier molecular flexibility index (Phi) is 3.82. The zero-order chi connectivity index (χ0) is 9.78. The van der Waals surface area contributed by atoms with Crippen LogP contribution in [-0.4, -0.2) is 49.3 Å². The third kappa shape index (κ3) is 5.79. The molecule has 1 unspecified atom stereocenters. The number of hydrogen-bond donors (Lipinski definition) is 1. The molecule has 0 heterocycles. The Morgan fingerprint density at radius 1 is 1.50 bits per heavy atom. The molecule has 0 bridgehead atoms. The molecule has 70 valence electrons. The minimum absolute atomic E-state index is 0.182. The first-order valence-electron chi connectivity index (χ1n) is 3.70. The lowest BCUT2D eigenvalue weighted by atomic mass is 10.2. The summed E-state index contributed by atoms with van der Waals surface area (Å²) >= 11 is 0. The van der Waals surface area contributed by atoms with Gasteiger partial charge in [-0.15, -0.1) is 0 Å². The van der Waals surface area contributed by atoms with E-state index in [1.165, 1.54) is 0 Å². The van der Waals surface area contributed by atoms with E-state index < -0.39 is 12.0 Å². The van der Waals surface area contributed by atoms with Gasteiger partial charge in [-0.25, -0.2) is 0 Å². The largest absolute Gasteiger partial charge is 0.481 e. The van der Waals surface area contributed by atoms with Crippen LogP contribution in [0.1, 0.15) is 6.42 Å². The molecule has 0 aromatic carbocycles. The molecule has 0 radical (unpaired) electrons. The van der Waals surface area contributed by atoms with Crippen molar-refractivity contribution in [3.05, 3.63) is 4.91 Å². The van der Waals surface area contributed by atoms with Crippen LogP contribution < -0.4 is 0 Å². The molecule has 0 rings (SSSR count). The van der Waals surface area contributed by atoms with Gasteiger partial charge < -0.3 is 9.59 Å². The first-order chi connectivity index (χ1) is 5.35. The van der Waals surface area contributed by atoms with Crippen LogP contribution in [0.2, 0.25) is 0 Å². The molecule has 0 aliphatic carbocycles. The zero-order valence-electron chi connectivity index (χ0n) is 7.65. The highest BCUT2D eigenvalue weighted by Gasteiger charge is 2.21. The van der Waals surface area contributed by atoms with Gasteiger partial charge in [-0.3, -0.25) is 4.79 Å². The van der Waals surface area contributed by atoms with E-state index in [9.17, 15) is 9.70 Å². The number of likely N-dealkylation sites (N-methyl/N-ethyl adjacent to an activating group) is 1. The maximum atomic E-state index is 10.2. The number of hydrogen-bond acceptors (Lipinski definition) is 3. The molecular weight excluding hydrogens is 160 g/mol. The summed E-state index contributed by atoms with van der Waals surface area (Å²) in [5, 5.41) is 11.2. The number of aliphatic carboxylic acids is 1. The van der Waals surface area contributed by atoms with Crippen molar-refractivity contribution in [1.82, 2.24) is 0 Å². The molecule has 5 heteroatoms. The summed E-state index contributed by atoms with van der Waals surface area (Å²) in [5.74, 6) is -0.979. The number of rotatable bonds is 5. The van der Waals surface area contributed by atoms with Gasteiger partial charge in [0.25, 0.3) is 0 Å². The van der Waals surface area contributed by atoms with E-state index in [-0.39, 0.29) is 6.42 Å². The van der Waals surface area contributed by atoms with E-state index >= 15 is 0 Å². The molecule has 0 aromatic rings.